The Balaban J connectivity index is 1.17. The second kappa shape index (κ2) is 13.0. The molecule has 0 spiro atoms. The number of fused-ring (bicyclic) bond motifs is 2. The zero-order chi connectivity index (χ0) is 38.7. The number of aryl methyl sites for hydroxylation is 1. The number of pyridine rings is 2. The lowest BCUT2D eigenvalue weighted by molar-refractivity contribution is -0.151. The number of alkyl carbamates (subject to hydrolysis) is 1. The van der Waals surface area contributed by atoms with Gasteiger partial charge in [-0.2, -0.15) is 5.10 Å². The van der Waals surface area contributed by atoms with Gasteiger partial charge in [-0.05, 0) is 61.3 Å². The third kappa shape index (κ3) is 5.82. The number of nitrogens with one attached hydrogen (secondary N) is 2. The first-order valence-electron chi connectivity index (χ1n) is 19.0. The fourth-order valence-corrected chi connectivity index (χ4v) is 7.27. The lowest BCUT2D eigenvalue weighted by atomic mass is 10.1. The van der Waals surface area contributed by atoms with E-state index in [0.29, 0.717) is 49.6 Å². The van der Waals surface area contributed by atoms with Crippen LogP contribution in [0, 0.1) is 5.92 Å². The molecule has 2 aliphatic carbocycles. The molecule has 1 aliphatic heterocycles. The summed E-state index contributed by atoms with van der Waals surface area (Å²) in [7, 11) is 1.20. The number of ether oxygens (including phenoxy) is 3. The van der Waals surface area contributed by atoms with Crippen LogP contribution in [0.1, 0.15) is 61.8 Å². The van der Waals surface area contributed by atoms with Gasteiger partial charge in [0.1, 0.15) is 18.2 Å². The zero-order valence-corrected chi connectivity index (χ0v) is 28.2. The Hall–Kier alpha value is -5.50. The van der Waals surface area contributed by atoms with Crippen LogP contribution in [0.5, 0.6) is 0 Å². The first kappa shape index (κ1) is 28.2. The van der Waals surface area contributed by atoms with E-state index in [2.05, 4.69) is 15.6 Å². The average molecular weight is 697 g/mol. The maximum Gasteiger partial charge on any atom is 0.407 e. The number of carbonyl (C=O) groups is 2. The summed E-state index contributed by atoms with van der Waals surface area (Å²) in [4.78, 5) is 49.1. The summed E-state index contributed by atoms with van der Waals surface area (Å²) >= 11 is 0. The van der Waals surface area contributed by atoms with Gasteiger partial charge in [0, 0.05) is 34.6 Å². The highest BCUT2D eigenvalue weighted by atomic mass is 16.5. The molecule has 264 valence electrons. The maximum atomic E-state index is 13.9. The standard InChI is InChI=1S/C37H40N8O6/c1-22-19-37(22,34(46)51-21-23-7-5-4-6-8-23)45-33-27(32(42-45)24-13-15-50-16-14-24)11-12-30(41-33)40-31-18-28-29(20-38-31)43(2)36(48)44(28)26-10-9-25(17-26)39-35(47)49-3/h4-8,11-13,18,20,22,25-26H,9-10,14-17,19,21H2,1-3H3,(H,39,47)(H,38,40,41)/t22-,25+,26+,37-/m0/s1/i2D3,25D. The summed E-state index contributed by atoms with van der Waals surface area (Å²) in [5, 5.41) is 11.5. The number of hydrogen-bond acceptors (Lipinski definition) is 10. The minimum Gasteiger partial charge on any atom is -0.459 e. The number of nitrogens with zero attached hydrogens (tertiary/aromatic N) is 6. The Labute approximate surface area is 299 Å². The van der Waals surface area contributed by atoms with Crippen molar-refractivity contribution < 1.29 is 29.3 Å². The molecule has 4 atom stereocenters. The van der Waals surface area contributed by atoms with Crippen molar-refractivity contribution in [3.63, 3.8) is 0 Å². The van der Waals surface area contributed by atoms with Gasteiger partial charge in [-0.25, -0.2) is 29.0 Å². The number of carbonyl (C=O) groups excluding carboxylic acids is 2. The van der Waals surface area contributed by atoms with Gasteiger partial charge in [0.25, 0.3) is 0 Å². The van der Waals surface area contributed by atoms with Crippen LogP contribution in [0.25, 0.3) is 27.6 Å². The van der Waals surface area contributed by atoms with Crippen LogP contribution in [0.3, 0.4) is 0 Å². The highest BCUT2D eigenvalue weighted by molar-refractivity contribution is 5.93. The van der Waals surface area contributed by atoms with E-state index in [1.807, 2.05) is 49.4 Å². The number of hydrogen-bond donors (Lipinski definition) is 2. The van der Waals surface area contributed by atoms with E-state index < -0.39 is 42.3 Å². The molecule has 14 heteroatoms. The van der Waals surface area contributed by atoms with Gasteiger partial charge in [-0.1, -0.05) is 43.3 Å². The van der Waals surface area contributed by atoms with E-state index in [-0.39, 0.29) is 42.2 Å². The van der Waals surface area contributed by atoms with Gasteiger partial charge in [-0.3, -0.25) is 9.13 Å². The quantitative estimate of drug-likeness (QED) is 0.202. The molecule has 14 nitrogen and oxygen atoms in total. The number of benzene rings is 1. The molecule has 1 amide bonds. The summed E-state index contributed by atoms with van der Waals surface area (Å²) in [6.45, 7) is 0.293. The Bertz CT molecular complexity index is 2410. The maximum absolute atomic E-state index is 13.9. The van der Waals surface area contributed by atoms with Crippen molar-refractivity contribution >= 4 is 51.3 Å². The van der Waals surface area contributed by atoms with Crippen LogP contribution in [0.2, 0.25) is 0 Å². The molecule has 0 bridgehead atoms. The highest BCUT2D eigenvalue weighted by Gasteiger charge is 2.62. The van der Waals surface area contributed by atoms with Crippen LogP contribution >= 0.6 is 0 Å². The van der Waals surface area contributed by atoms with Crippen LogP contribution in [-0.2, 0) is 38.1 Å². The molecule has 0 radical (unpaired) electrons. The number of imidazole rings is 1. The first-order chi connectivity index (χ1) is 26.3. The number of aromatic nitrogens is 6. The minimum absolute atomic E-state index is 0.0499. The molecule has 2 N–H and O–H groups in total. The van der Waals surface area contributed by atoms with Gasteiger partial charge in [0.2, 0.25) is 0 Å². The third-order valence-electron chi connectivity index (χ3n) is 10.1. The number of esters is 1. The van der Waals surface area contributed by atoms with E-state index in [1.54, 1.807) is 16.8 Å². The molecule has 3 aliphatic rings. The smallest absolute Gasteiger partial charge is 0.407 e. The lowest BCUT2D eigenvalue weighted by Gasteiger charge is -2.18. The molecule has 0 saturated heterocycles. The molecular weight excluding hydrogens is 652 g/mol. The number of amides is 1. The van der Waals surface area contributed by atoms with E-state index in [4.69, 9.17) is 29.8 Å². The van der Waals surface area contributed by atoms with Crippen LogP contribution in [0.4, 0.5) is 16.4 Å². The summed E-state index contributed by atoms with van der Waals surface area (Å²) < 4.78 is 53.0. The van der Waals surface area contributed by atoms with Crippen LogP contribution in [0.15, 0.2) is 65.6 Å². The van der Waals surface area contributed by atoms with E-state index in [9.17, 15) is 14.4 Å². The first-order valence-corrected chi connectivity index (χ1v) is 17.0. The average Bonchev–Trinajstić information content (AvgIpc) is 3.40. The topological polar surface area (TPSA) is 156 Å². The molecule has 5 aromatic rings. The van der Waals surface area contributed by atoms with Crippen molar-refractivity contribution in [2.75, 3.05) is 25.6 Å². The normalized spacial score (nSPS) is 25.7. The van der Waals surface area contributed by atoms with Crippen molar-refractivity contribution in [3.05, 3.63) is 82.5 Å². The molecule has 8 rings (SSSR count). The van der Waals surface area contributed by atoms with Gasteiger partial charge in [0.15, 0.2) is 11.2 Å². The molecular formula is C37H40N8O6. The monoisotopic (exact) mass is 696 g/mol. The Morgan fingerprint density at radius 3 is 2.75 bits per heavy atom. The second-order valence-electron chi connectivity index (χ2n) is 13.3. The van der Waals surface area contributed by atoms with Crippen molar-refractivity contribution in [1.29, 1.82) is 0 Å². The van der Waals surface area contributed by atoms with Gasteiger partial charge in [-0.15, -0.1) is 0 Å². The number of methoxy groups -OCH3 is 1. The largest absolute Gasteiger partial charge is 0.459 e. The minimum atomic E-state index is -2.81. The van der Waals surface area contributed by atoms with Crippen molar-refractivity contribution in [3.8, 4) is 0 Å². The Kier molecular flexibility index (Phi) is 7.19. The molecule has 4 aromatic heterocycles. The highest BCUT2D eigenvalue weighted by Crippen LogP contribution is 2.52. The van der Waals surface area contributed by atoms with E-state index in [1.165, 1.54) is 17.9 Å². The molecule has 5 heterocycles. The fourth-order valence-electron chi connectivity index (χ4n) is 7.27. The number of rotatable bonds is 9. The van der Waals surface area contributed by atoms with Crippen molar-refractivity contribution in [1.82, 2.24) is 34.2 Å². The molecule has 2 fully saturated rings. The number of anilines is 2. The predicted octanol–water partition coefficient (Wildman–Crippen LogP) is 4.96. The van der Waals surface area contributed by atoms with Gasteiger partial charge < -0.3 is 24.8 Å². The summed E-state index contributed by atoms with van der Waals surface area (Å²) in [5.74, 6) is 0.174. The fraction of sp³-hybridized carbons (Fsp3) is 0.405. The summed E-state index contributed by atoms with van der Waals surface area (Å²) in [6.07, 6.45) is 4.31. The predicted molar refractivity (Wildman–Crippen MR) is 189 cm³/mol. The van der Waals surface area contributed by atoms with Crippen molar-refractivity contribution in [2.45, 2.75) is 63.2 Å². The van der Waals surface area contributed by atoms with Crippen molar-refractivity contribution in [2.24, 2.45) is 12.9 Å². The third-order valence-corrected chi connectivity index (χ3v) is 10.1. The van der Waals surface area contributed by atoms with Crippen LogP contribution in [-0.4, -0.2) is 67.3 Å². The van der Waals surface area contributed by atoms with E-state index in [0.717, 1.165) is 21.1 Å². The van der Waals surface area contributed by atoms with Crippen LogP contribution < -0.4 is 16.3 Å². The molecule has 1 aromatic carbocycles. The summed E-state index contributed by atoms with van der Waals surface area (Å²) in [5.41, 5.74) is 1.59. The molecule has 2 saturated carbocycles. The molecule has 0 unspecified atom stereocenters. The Morgan fingerprint density at radius 1 is 1.16 bits per heavy atom. The molecule has 51 heavy (non-hydrogen) atoms. The lowest BCUT2D eigenvalue weighted by Crippen LogP contribution is -2.33. The zero-order valence-electron chi connectivity index (χ0n) is 32.2. The SMILES string of the molecule is [2H]C([2H])([2H])n1c(=O)n([C@@H]2CC[C@@]([2H])(NC(=O)OC)C2)c2cc(Nc3ccc4c(C5=CCOCC5)nn([C@@]5(C(=O)OCc6ccccc6)C[C@@H]5C)c4n3)ncc21. The van der Waals surface area contributed by atoms with Gasteiger partial charge >= 0.3 is 17.8 Å². The van der Waals surface area contributed by atoms with E-state index >= 15 is 0 Å². The summed E-state index contributed by atoms with van der Waals surface area (Å²) in [6, 6.07) is 12.7. The second-order valence-corrected chi connectivity index (χ2v) is 13.3. The Morgan fingerprint density at radius 2 is 2.00 bits per heavy atom. The van der Waals surface area contributed by atoms with Gasteiger partial charge in [0.05, 0.1) is 44.6 Å².